The smallest absolute Gasteiger partial charge is 0.245 e. The molecule has 7 nitrogen and oxygen atoms in total. The molecule has 0 unspecified atom stereocenters. The topological polar surface area (TPSA) is 80.1 Å². The maximum absolute atomic E-state index is 13.1. The zero-order valence-corrected chi connectivity index (χ0v) is 16.9. The molecule has 1 aromatic carbocycles. The molecule has 0 aliphatic heterocycles. The molecule has 1 fully saturated rings. The molecule has 2 aromatic heterocycles. The van der Waals surface area contributed by atoms with E-state index in [2.05, 4.69) is 15.4 Å². The van der Waals surface area contributed by atoms with Gasteiger partial charge in [0.15, 0.2) is 0 Å². The third-order valence-electron chi connectivity index (χ3n) is 5.26. The molecule has 2 amide bonds. The van der Waals surface area contributed by atoms with Crippen LogP contribution < -0.4 is 5.32 Å². The van der Waals surface area contributed by atoms with Gasteiger partial charge in [0.25, 0.3) is 0 Å². The van der Waals surface area contributed by atoms with E-state index < -0.39 is 0 Å². The van der Waals surface area contributed by atoms with E-state index in [9.17, 15) is 9.59 Å². The lowest BCUT2D eigenvalue weighted by atomic mass is 9.91. The summed E-state index contributed by atoms with van der Waals surface area (Å²) in [4.78, 5) is 31.4. The number of benzene rings is 1. The van der Waals surface area contributed by atoms with Crippen LogP contribution in [0.5, 0.6) is 0 Å². The van der Waals surface area contributed by atoms with Crippen LogP contribution in [0.4, 0.5) is 5.82 Å². The first-order chi connectivity index (χ1) is 14.0. The van der Waals surface area contributed by atoms with E-state index in [0.29, 0.717) is 11.0 Å². The van der Waals surface area contributed by atoms with Gasteiger partial charge in [-0.15, -0.1) is 0 Å². The van der Waals surface area contributed by atoms with Crippen molar-refractivity contribution in [2.45, 2.75) is 38.8 Å². The van der Waals surface area contributed by atoms with Crippen LogP contribution in [-0.2, 0) is 16.1 Å². The fourth-order valence-corrected chi connectivity index (χ4v) is 3.73. The second-order valence-electron chi connectivity index (χ2n) is 7.26. The van der Waals surface area contributed by atoms with Crippen molar-refractivity contribution < 1.29 is 9.59 Å². The molecule has 2 heterocycles. The summed E-state index contributed by atoms with van der Waals surface area (Å²) >= 11 is 5.87. The summed E-state index contributed by atoms with van der Waals surface area (Å²) in [5.41, 5.74) is 1.80. The first-order valence-corrected chi connectivity index (χ1v) is 10.0. The number of aryl methyl sites for hydroxylation is 1. The van der Waals surface area contributed by atoms with E-state index in [1.165, 1.54) is 0 Å². The fourth-order valence-electron chi connectivity index (χ4n) is 3.57. The Morgan fingerprint density at radius 2 is 2.00 bits per heavy atom. The van der Waals surface area contributed by atoms with Gasteiger partial charge in [0.05, 0.1) is 11.2 Å². The number of aromatic nitrogens is 3. The highest BCUT2D eigenvalue weighted by molar-refractivity contribution is 6.29. The van der Waals surface area contributed by atoms with E-state index in [4.69, 9.17) is 11.6 Å². The van der Waals surface area contributed by atoms with E-state index >= 15 is 0 Å². The highest BCUT2D eigenvalue weighted by Crippen LogP contribution is 2.26. The summed E-state index contributed by atoms with van der Waals surface area (Å²) in [6.45, 7) is 2.02. The van der Waals surface area contributed by atoms with Crippen LogP contribution in [0, 0.1) is 6.92 Å². The molecule has 0 atom stereocenters. The zero-order chi connectivity index (χ0) is 20.4. The molecule has 0 bridgehead atoms. The molecule has 1 aliphatic rings. The first-order valence-electron chi connectivity index (χ1n) is 9.65. The number of amides is 2. The number of nitrogens with zero attached hydrogens (tertiary/aromatic N) is 4. The molecule has 150 valence electrons. The quantitative estimate of drug-likeness (QED) is 0.630. The number of anilines is 1. The summed E-state index contributed by atoms with van der Waals surface area (Å²) in [6.07, 6.45) is 2.89. The highest BCUT2D eigenvalue weighted by Gasteiger charge is 2.30. The molecular formula is C21H22ClN5O2. The predicted molar refractivity (Wildman–Crippen MR) is 112 cm³/mol. The van der Waals surface area contributed by atoms with Crippen LogP contribution in [0.1, 0.15) is 25.0 Å². The third-order valence-corrected chi connectivity index (χ3v) is 5.47. The minimum atomic E-state index is -0.290. The van der Waals surface area contributed by atoms with Crippen LogP contribution in [0.2, 0.25) is 5.15 Å². The number of hydrogen-bond donors (Lipinski definition) is 1. The summed E-state index contributed by atoms with van der Waals surface area (Å²) in [7, 11) is 0. The van der Waals surface area contributed by atoms with Gasteiger partial charge in [-0.2, -0.15) is 5.10 Å². The maximum Gasteiger partial charge on any atom is 0.245 e. The SMILES string of the molecule is Cc1nn(CC(=O)N(CC(=O)Nc2cccc(Cl)n2)C2CCC2)c2ccccc12. The Kier molecular flexibility index (Phi) is 5.49. The molecule has 3 aromatic rings. The van der Waals surface area contributed by atoms with Gasteiger partial charge in [0.1, 0.15) is 24.1 Å². The predicted octanol–water partition coefficient (Wildman–Crippen LogP) is 3.41. The molecule has 8 heteroatoms. The van der Waals surface area contributed by atoms with Crippen molar-refractivity contribution in [2.75, 3.05) is 11.9 Å². The molecule has 0 saturated heterocycles. The Hall–Kier alpha value is -2.93. The average molecular weight is 412 g/mol. The molecule has 29 heavy (non-hydrogen) atoms. The van der Waals surface area contributed by atoms with Gasteiger partial charge in [0.2, 0.25) is 11.8 Å². The minimum Gasteiger partial charge on any atom is -0.329 e. The third kappa shape index (κ3) is 4.24. The monoisotopic (exact) mass is 411 g/mol. The Labute approximate surface area is 173 Å². The second kappa shape index (κ2) is 8.21. The summed E-state index contributed by atoms with van der Waals surface area (Å²) in [6, 6.07) is 12.9. The van der Waals surface area contributed by atoms with Gasteiger partial charge in [-0.1, -0.05) is 35.9 Å². The van der Waals surface area contributed by atoms with E-state index in [-0.39, 0.29) is 30.9 Å². The lowest BCUT2D eigenvalue weighted by Gasteiger charge is -2.37. The van der Waals surface area contributed by atoms with E-state index in [0.717, 1.165) is 35.9 Å². The van der Waals surface area contributed by atoms with Crippen molar-refractivity contribution in [3.63, 3.8) is 0 Å². The number of hydrogen-bond acceptors (Lipinski definition) is 4. The Morgan fingerprint density at radius 3 is 2.72 bits per heavy atom. The van der Waals surface area contributed by atoms with Crippen molar-refractivity contribution in [2.24, 2.45) is 0 Å². The summed E-state index contributed by atoms with van der Waals surface area (Å²) in [5, 5.41) is 8.56. The number of fused-ring (bicyclic) bond motifs is 1. The second-order valence-corrected chi connectivity index (χ2v) is 7.65. The molecule has 4 rings (SSSR count). The number of rotatable bonds is 6. The van der Waals surface area contributed by atoms with Gasteiger partial charge in [0, 0.05) is 11.4 Å². The van der Waals surface area contributed by atoms with Crippen LogP contribution in [0.3, 0.4) is 0 Å². The fraction of sp³-hybridized carbons (Fsp3) is 0.333. The van der Waals surface area contributed by atoms with E-state index in [1.54, 1.807) is 27.8 Å². The van der Waals surface area contributed by atoms with Crippen LogP contribution in [0.25, 0.3) is 10.9 Å². The highest BCUT2D eigenvalue weighted by atomic mass is 35.5. The largest absolute Gasteiger partial charge is 0.329 e. The molecule has 1 N–H and O–H groups in total. The van der Waals surface area contributed by atoms with Crippen molar-refractivity contribution >= 4 is 40.1 Å². The summed E-state index contributed by atoms with van der Waals surface area (Å²) < 4.78 is 1.72. The zero-order valence-electron chi connectivity index (χ0n) is 16.1. The number of carbonyl (C=O) groups excluding carboxylic acids is 2. The van der Waals surface area contributed by atoms with Gasteiger partial charge >= 0.3 is 0 Å². The Balaban J connectivity index is 1.49. The van der Waals surface area contributed by atoms with Crippen molar-refractivity contribution in [1.82, 2.24) is 19.7 Å². The molecule has 1 saturated carbocycles. The van der Waals surface area contributed by atoms with Gasteiger partial charge in [-0.3, -0.25) is 14.3 Å². The van der Waals surface area contributed by atoms with Crippen molar-refractivity contribution in [3.8, 4) is 0 Å². The summed E-state index contributed by atoms with van der Waals surface area (Å²) in [5.74, 6) is -0.0316. The number of carbonyl (C=O) groups is 2. The maximum atomic E-state index is 13.1. The number of halogens is 1. The lowest BCUT2D eigenvalue weighted by molar-refractivity contribution is -0.139. The average Bonchev–Trinajstić information content (AvgIpc) is 2.96. The van der Waals surface area contributed by atoms with Crippen molar-refractivity contribution in [3.05, 3.63) is 53.3 Å². The van der Waals surface area contributed by atoms with Crippen LogP contribution >= 0.6 is 11.6 Å². The lowest BCUT2D eigenvalue weighted by Crippen LogP contribution is -2.49. The number of para-hydroxylation sites is 1. The molecule has 0 spiro atoms. The number of nitrogens with one attached hydrogen (secondary N) is 1. The van der Waals surface area contributed by atoms with E-state index in [1.807, 2.05) is 31.2 Å². The minimum absolute atomic E-state index is 0.0180. The molecular weight excluding hydrogens is 390 g/mol. The molecule has 1 aliphatic carbocycles. The van der Waals surface area contributed by atoms with Gasteiger partial charge in [-0.05, 0) is 44.4 Å². The molecule has 0 radical (unpaired) electrons. The normalized spacial score (nSPS) is 13.9. The van der Waals surface area contributed by atoms with Crippen molar-refractivity contribution in [1.29, 1.82) is 0 Å². The number of pyridine rings is 1. The van der Waals surface area contributed by atoms with Gasteiger partial charge in [-0.25, -0.2) is 4.98 Å². The van der Waals surface area contributed by atoms with Gasteiger partial charge < -0.3 is 10.2 Å². The standard InChI is InChI=1S/C21H22ClN5O2/c1-14-16-8-2-3-9-17(16)27(25-14)13-21(29)26(15-6-4-7-15)12-20(28)24-19-11-5-10-18(22)23-19/h2-3,5,8-11,15H,4,6-7,12-13H2,1H3,(H,23,24,28). The Bertz CT molecular complexity index is 1060. The Morgan fingerprint density at radius 1 is 1.21 bits per heavy atom. The first kappa shape index (κ1) is 19.4. The van der Waals surface area contributed by atoms with Crippen LogP contribution in [0.15, 0.2) is 42.5 Å². The van der Waals surface area contributed by atoms with Crippen LogP contribution in [-0.4, -0.2) is 44.1 Å².